The van der Waals surface area contributed by atoms with Gasteiger partial charge in [0.2, 0.25) is 0 Å². The fourth-order valence-corrected chi connectivity index (χ4v) is 3.59. The smallest absolute Gasteiger partial charge is 0.306 e. The van der Waals surface area contributed by atoms with Crippen molar-refractivity contribution in [3.63, 3.8) is 0 Å². The molecule has 2 atom stereocenters. The maximum Gasteiger partial charge on any atom is 0.306 e. The number of likely N-dealkylation sites (tertiary alicyclic amines) is 1. The van der Waals surface area contributed by atoms with Crippen LogP contribution in [0.15, 0.2) is 54.6 Å². The molecule has 0 radical (unpaired) electrons. The van der Waals surface area contributed by atoms with Crippen LogP contribution in [0.1, 0.15) is 30.9 Å². The minimum Gasteiger partial charge on any atom is -0.492 e. The van der Waals surface area contributed by atoms with Crippen LogP contribution in [0.5, 0.6) is 5.75 Å². The number of carboxylic acid groups (broad SMARTS) is 1. The van der Waals surface area contributed by atoms with E-state index in [1.165, 1.54) is 11.1 Å². The topological polar surface area (TPSA) is 49.8 Å². The van der Waals surface area contributed by atoms with Crippen LogP contribution in [0.4, 0.5) is 0 Å². The first-order valence-electron chi connectivity index (χ1n) is 9.34. The summed E-state index contributed by atoms with van der Waals surface area (Å²) in [6, 6.07) is 19.0. The summed E-state index contributed by atoms with van der Waals surface area (Å²) < 4.78 is 5.88. The molecule has 0 bridgehead atoms. The summed E-state index contributed by atoms with van der Waals surface area (Å²) >= 11 is 0. The Morgan fingerprint density at radius 1 is 1.12 bits per heavy atom. The van der Waals surface area contributed by atoms with E-state index in [-0.39, 0.29) is 5.92 Å². The van der Waals surface area contributed by atoms with Crippen molar-refractivity contribution in [1.82, 2.24) is 4.90 Å². The zero-order valence-electron chi connectivity index (χ0n) is 15.3. The fourth-order valence-electron chi connectivity index (χ4n) is 3.59. The van der Waals surface area contributed by atoms with Crippen molar-refractivity contribution < 1.29 is 14.6 Å². The van der Waals surface area contributed by atoms with Gasteiger partial charge in [0.1, 0.15) is 12.4 Å². The molecular formula is C22H27NO3. The molecule has 1 aliphatic heterocycles. The zero-order chi connectivity index (χ0) is 18.4. The Labute approximate surface area is 155 Å². The number of benzene rings is 2. The van der Waals surface area contributed by atoms with Gasteiger partial charge >= 0.3 is 5.97 Å². The third-order valence-corrected chi connectivity index (χ3v) is 5.18. The van der Waals surface area contributed by atoms with E-state index in [9.17, 15) is 4.79 Å². The lowest BCUT2D eigenvalue weighted by Gasteiger charge is -2.36. The maximum absolute atomic E-state index is 11.1. The molecule has 1 fully saturated rings. The Morgan fingerprint density at radius 3 is 2.46 bits per heavy atom. The molecule has 138 valence electrons. The van der Waals surface area contributed by atoms with Gasteiger partial charge < -0.3 is 9.84 Å². The summed E-state index contributed by atoms with van der Waals surface area (Å²) in [6.07, 6.45) is 2.38. The van der Waals surface area contributed by atoms with Crippen molar-refractivity contribution in [2.75, 3.05) is 19.7 Å². The number of carboxylic acids is 1. The Bertz CT molecular complexity index is 699. The number of rotatable bonds is 7. The predicted octanol–water partition coefficient (Wildman–Crippen LogP) is 3.84. The molecule has 1 aliphatic rings. The van der Waals surface area contributed by atoms with Crippen LogP contribution in [-0.4, -0.2) is 41.7 Å². The number of hydrogen-bond donors (Lipinski definition) is 1. The highest BCUT2D eigenvalue weighted by molar-refractivity contribution is 5.70. The lowest BCUT2D eigenvalue weighted by atomic mass is 9.92. The van der Waals surface area contributed by atoms with Gasteiger partial charge in [0.15, 0.2) is 0 Å². The molecule has 2 unspecified atom stereocenters. The number of hydrogen-bond acceptors (Lipinski definition) is 3. The number of piperidine rings is 1. The summed E-state index contributed by atoms with van der Waals surface area (Å²) in [7, 11) is 0. The van der Waals surface area contributed by atoms with Crippen molar-refractivity contribution >= 4 is 5.97 Å². The molecule has 1 heterocycles. The average Bonchev–Trinajstić information content (AvgIpc) is 2.65. The molecule has 3 rings (SSSR count). The van der Waals surface area contributed by atoms with Crippen LogP contribution in [0.2, 0.25) is 0 Å². The standard InChI is InChI=1S/C22H27NO3/c1-17-15-20(22(24)25)11-12-23(17)13-14-26-21-9-7-19(8-10-21)16-18-5-3-2-4-6-18/h2-10,17,20H,11-16H2,1H3,(H,24,25). The Morgan fingerprint density at radius 2 is 1.81 bits per heavy atom. The zero-order valence-corrected chi connectivity index (χ0v) is 15.3. The maximum atomic E-state index is 11.1. The quantitative estimate of drug-likeness (QED) is 0.822. The lowest BCUT2D eigenvalue weighted by Crippen LogP contribution is -2.44. The van der Waals surface area contributed by atoms with Gasteiger partial charge in [-0.3, -0.25) is 9.69 Å². The van der Waals surface area contributed by atoms with Crippen LogP contribution in [-0.2, 0) is 11.2 Å². The lowest BCUT2D eigenvalue weighted by molar-refractivity contribution is -0.144. The molecule has 0 spiro atoms. The van der Waals surface area contributed by atoms with E-state index in [2.05, 4.69) is 48.2 Å². The largest absolute Gasteiger partial charge is 0.492 e. The highest BCUT2D eigenvalue weighted by atomic mass is 16.5. The van der Waals surface area contributed by atoms with Gasteiger partial charge in [-0.2, -0.15) is 0 Å². The number of carbonyl (C=O) groups is 1. The van der Waals surface area contributed by atoms with E-state index in [1.807, 2.05) is 18.2 Å². The molecule has 2 aromatic rings. The van der Waals surface area contributed by atoms with Crippen molar-refractivity contribution in [3.05, 3.63) is 65.7 Å². The molecule has 26 heavy (non-hydrogen) atoms. The van der Waals surface area contributed by atoms with E-state index in [4.69, 9.17) is 9.84 Å². The van der Waals surface area contributed by atoms with Gasteiger partial charge in [-0.15, -0.1) is 0 Å². The number of aliphatic carboxylic acids is 1. The van der Waals surface area contributed by atoms with E-state index >= 15 is 0 Å². The van der Waals surface area contributed by atoms with E-state index in [1.54, 1.807) is 0 Å². The Balaban J connectivity index is 1.43. The van der Waals surface area contributed by atoms with Gasteiger partial charge in [0.05, 0.1) is 5.92 Å². The van der Waals surface area contributed by atoms with Gasteiger partial charge in [-0.25, -0.2) is 0 Å². The monoisotopic (exact) mass is 353 g/mol. The minimum absolute atomic E-state index is 0.195. The second kappa shape index (κ2) is 8.86. The number of ether oxygens (including phenoxy) is 1. The molecule has 0 aliphatic carbocycles. The SMILES string of the molecule is CC1CC(C(=O)O)CCN1CCOc1ccc(Cc2ccccc2)cc1. The highest BCUT2D eigenvalue weighted by Gasteiger charge is 2.29. The van der Waals surface area contributed by atoms with E-state index < -0.39 is 5.97 Å². The van der Waals surface area contributed by atoms with Crippen LogP contribution < -0.4 is 4.74 Å². The van der Waals surface area contributed by atoms with Gasteiger partial charge in [-0.1, -0.05) is 42.5 Å². The molecule has 4 nitrogen and oxygen atoms in total. The van der Waals surface area contributed by atoms with Crippen molar-refractivity contribution in [2.45, 2.75) is 32.2 Å². The Hall–Kier alpha value is -2.33. The van der Waals surface area contributed by atoms with Crippen molar-refractivity contribution in [1.29, 1.82) is 0 Å². The fraction of sp³-hybridized carbons (Fsp3) is 0.409. The molecule has 4 heteroatoms. The molecular weight excluding hydrogens is 326 g/mol. The van der Waals surface area contributed by atoms with Crippen LogP contribution >= 0.6 is 0 Å². The van der Waals surface area contributed by atoms with Gasteiger partial charge in [0.25, 0.3) is 0 Å². The summed E-state index contributed by atoms with van der Waals surface area (Å²) in [4.78, 5) is 13.4. The molecule has 0 aromatic heterocycles. The number of nitrogens with zero attached hydrogens (tertiary/aromatic N) is 1. The predicted molar refractivity (Wildman–Crippen MR) is 103 cm³/mol. The molecule has 2 aromatic carbocycles. The second-order valence-corrected chi connectivity index (χ2v) is 7.10. The van der Waals surface area contributed by atoms with E-state index in [0.29, 0.717) is 12.6 Å². The summed E-state index contributed by atoms with van der Waals surface area (Å²) in [5, 5.41) is 9.14. The summed E-state index contributed by atoms with van der Waals surface area (Å²) in [5.41, 5.74) is 2.58. The van der Waals surface area contributed by atoms with Crippen LogP contribution in [0.3, 0.4) is 0 Å². The third-order valence-electron chi connectivity index (χ3n) is 5.18. The van der Waals surface area contributed by atoms with Crippen molar-refractivity contribution in [3.8, 4) is 5.75 Å². The van der Waals surface area contributed by atoms with Crippen LogP contribution in [0, 0.1) is 5.92 Å². The van der Waals surface area contributed by atoms with Crippen molar-refractivity contribution in [2.24, 2.45) is 5.92 Å². The molecule has 1 N–H and O–H groups in total. The molecule has 0 saturated carbocycles. The summed E-state index contributed by atoms with van der Waals surface area (Å²) in [5.74, 6) is 0.0255. The molecule has 1 saturated heterocycles. The second-order valence-electron chi connectivity index (χ2n) is 7.10. The first kappa shape index (κ1) is 18.5. The first-order valence-corrected chi connectivity index (χ1v) is 9.34. The minimum atomic E-state index is -0.664. The van der Waals surface area contributed by atoms with Crippen LogP contribution in [0.25, 0.3) is 0 Å². The van der Waals surface area contributed by atoms with E-state index in [0.717, 1.165) is 38.1 Å². The normalized spacial score (nSPS) is 20.7. The summed E-state index contributed by atoms with van der Waals surface area (Å²) in [6.45, 7) is 4.39. The van der Waals surface area contributed by atoms with Gasteiger partial charge in [0, 0.05) is 12.6 Å². The third kappa shape index (κ3) is 5.09. The Kier molecular flexibility index (Phi) is 6.29. The molecule has 0 amide bonds. The first-order chi connectivity index (χ1) is 12.6. The highest BCUT2D eigenvalue weighted by Crippen LogP contribution is 2.23. The average molecular weight is 353 g/mol. The van der Waals surface area contributed by atoms with Gasteiger partial charge in [-0.05, 0) is 56.0 Å².